The molecule has 0 spiro atoms. The molecule has 3 nitrogen and oxygen atoms in total. The third-order valence-corrected chi connectivity index (χ3v) is 2.96. The molecule has 2 N–H and O–H groups in total. The number of aromatic hydroxyl groups is 1. The molecule has 2 aromatic carbocycles. The summed E-state index contributed by atoms with van der Waals surface area (Å²) in [5.41, 5.74) is 1.24. The zero-order valence-electron chi connectivity index (χ0n) is 11.7. The highest BCUT2D eigenvalue weighted by Gasteiger charge is 2.12. The van der Waals surface area contributed by atoms with Gasteiger partial charge >= 0.3 is 0 Å². The molecule has 0 heterocycles. The molecule has 0 saturated heterocycles. The average molecular weight is 293 g/mol. The van der Waals surface area contributed by atoms with Gasteiger partial charge in [0.1, 0.15) is 12.4 Å². The van der Waals surface area contributed by atoms with E-state index in [0.29, 0.717) is 17.7 Å². The maximum Gasteiger partial charge on any atom is 0.191 e. The van der Waals surface area contributed by atoms with Crippen molar-refractivity contribution in [2.75, 3.05) is 6.54 Å². The first kappa shape index (κ1) is 15.3. The van der Waals surface area contributed by atoms with Crippen LogP contribution in [0.2, 0.25) is 0 Å². The van der Waals surface area contributed by atoms with E-state index in [4.69, 9.17) is 9.84 Å². The summed E-state index contributed by atoms with van der Waals surface area (Å²) in [4.78, 5) is 0. The Balaban J connectivity index is 2.07. The van der Waals surface area contributed by atoms with Crippen LogP contribution in [0.4, 0.5) is 8.78 Å². The number of phenols is 1. The lowest BCUT2D eigenvalue weighted by molar-refractivity contribution is 0.273. The summed E-state index contributed by atoms with van der Waals surface area (Å²) < 4.78 is 32.9. The second-order valence-electron chi connectivity index (χ2n) is 4.62. The Bertz CT molecular complexity index is 577. The third-order valence-electron chi connectivity index (χ3n) is 2.96. The van der Waals surface area contributed by atoms with Gasteiger partial charge in [0.15, 0.2) is 17.4 Å². The highest BCUT2D eigenvalue weighted by molar-refractivity contribution is 5.32. The molecule has 2 rings (SSSR count). The summed E-state index contributed by atoms with van der Waals surface area (Å²) in [5, 5.41) is 12.2. The normalized spacial score (nSPS) is 10.6. The maximum absolute atomic E-state index is 13.9. The Morgan fingerprint density at radius 2 is 1.67 bits per heavy atom. The summed E-state index contributed by atoms with van der Waals surface area (Å²) >= 11 is 0. The first-order chi connectivity index (χ1) is 10.1. The van der Waals surface area contributed by atoms with Crippen LogP contribution in [0.15, 0.2) is 36.4 Å². The highest BCUT2D eigenvalue weighted by Crippen LogP contribution is 2.24. The molecule has 0 amide bonds. The van der Waals surface area contributed by atoms with Crippen molar-refractivity contribution < 1.29 is 18.6 Å². The Morgan fingerprint density at radius 3 is 2.24 bits per heavy atom. The smallest absolute Gasteiger partial charge is 0.191 e. The Morgan fingerprint density at radius 1 is 1.05 bits per heavy atom. The van der Waals surface area contributed by atoms with Gasteiger partial charge in [-0.25, -0.2) is 8.78 Å². The van der Waals surface area contributed by atoms with Gasteiger partial charge in [-0.15, -0.1) is 0 Å². The molecule has 0 atom stereocenters. The van der Waals surface area contributed by atoms with Gasteiger partial charge in [0, 0.05) is 6.54 Å². The predicted octanol–water partition coefficient (Wildman–Crippen LogP) is 3.36. The number of hydrogen-bond acceptors (Lipinski definition) is 3. The van der Waals surface area contributed by atoms with E-state index >= 15 is 0 Å². The lowest BCUT2D eigenvalue weighted by Gasteiger charge is -2.10. The fourth-order valence-electron chi connectivity index (χ4n) is 1.87. The Kier molecular flexibility index (Phi) is 5.11. The van der Waals surface area contributed by atoms with E-state index in [9.17, 15) is 8.78 Å². The van der Waals surface area contributed by atoms with Crippen molar-refractivity contribution in [2.24, 2.45) is 0 Å². The van der Waals surface area contributed by atoms with Crippen molar-refractivity contribution in [3.05, 3.63) is 59.2 Å². The third kappa shape index (κ3) is 4.16. The summed E-state index contributed by atoms with van der Waals surface area (Å²) in [6.45, 7) is 3.08. The van der Waals surface area contributed by atoms with E-state index in [0.717, 1.165) is 6.54 Å². The topological polar surface area (TPSA) is 41.5 Å². The molecule has 0 aliphatic carbocycles. The molecule has 2 aromatic rings. The van der Waals surface area contributed by atoms with E-state index in [1.807, 2.05) is 6.92 Å². The maximum atomic E-state index is 13.9. The van der Waals surface area contributed by atoms with Crippen LogP contribution >= 0.6 is 0 Å². The number of nitrogens with one attached hydrogen (secondary N) is 1. The summed E-state index contributed by atoms with van der Waals surface area (Å²) in [7, 11) is 0. The summed E-state index contributed by atoms with van der Waals surface area (Å²) in [6, 6.07) is 8.76. The van der Waals surface area contributed by atoms with Crippen LogP contribution in [0, 0.1) is 11.6 Å². The lowest BCUT2D eigenvalue weighted by Crippen LogP contribution is -2.12. The van der Waals surface area contributed by atoms with Crippen LogP contribution in [0.25, 0.3) is 0 Å². The number of ether oxygens (including phenoxy) is 1. The molecule has 0 bridgehead atoms. The second kappa shape index (κ2) is 7.04. The average Bonchev–Trinajstić information content (AvgIpc) is 2.46. The number of benzene rings is 2. The van der Waals surface area contributed by atoms with Crippen molar-refractivity contribution in [3.63, 3.8) is 0 Å². The van der Waals surface area contributed by atoms with Gasteiger partial charge in [0.25, 0.3) is 0 Å². The minimum absolute atomic E-state index is 0.0284. The van der Waals surface area contributed by atoms with Crippen LogP contribution in [0.3, 0.4) is 0 Å². The van der Waals surface area contributed by atoms with Gasteiger partial charge < -0.3 is 15.2 Å². The van der Waals surface area contributed by atoms with Crippen LogP contribution in [-0.4, -0.2) is 11.7 Å². The van der Waals surface area contributed by atoms with E-state index in [1.54, 1.807) is 12.1 Å². The van der Waals surface area contributed by atoms with Crippen molar-refractivity contribution in [3.8, 4) is 11.5 Å². The molecular weight excluding hydrogens is 276 g/mol. The van der Waals surface area contributed by atoms with Crippen LogP contribution in [-0.2, 0) is 13.2 Å². The van der Waals surface area contributed by atoms with Gasteiger partial charge in [-0.05, 0) is 41.9 Å². The number of halogens is 2. The van der Waals surface area contributed by atoms with E-state index in [2.05, 4.69) is 5.32 Å². The van der Waals surface area contributed by atoms with Crippen LogP contribution in [0.5, 0.6) is 11.5 Å². The minimum Gasteiger partial charge on any atom is -0.508 e. The monoisotopic (exact) mass is 293 g/mol. The largest absolute Gasteiger partial charge is 0.508 e. The molecule has 0 unspecified atom stereocenters. The molecule has 21 heavy (non-hydrogen) atoms. The first-order valence-corrected chi connectivity index (χ1v) is 6.69. The van der Waals surface area contributed by atoms with Crippen molar-refractivity contribution in [2.45, 2.75) is 20.1 Å². The molecule has 0 fully saturated rings. The van der Waals surface area contributed by atoms with E-state index in [-0.39, 0.29) is 18.1 Å². The SMILES string of the molecule is CCNCc1cc(F)c(OCc2ccc(O)cc2)c(F)c1. The molecule has 0 aliphatic rings. The highest BCUT2D eigenvalue weighted by atomic mass is 19.1. The van der Waals surface area contributed by atoms with Crippen molar-refractivity contribution in [1.29, 1.82) is 0 Å². The lowest BCUT2D eigenvalue weighted by atomic mass is 10.2. The molecule has 5 heteroatoms. The number of rotatable bonds is 6. The standard InChI is InChI=1S/C16H17F2NO2/c1-2-19-9-12-7-14(17)16(15(18)8-12)21-10-11-3-5-13(20)6-4-11/h3-8,19-20H,2,9-10H2,1H3. The fraction of sp³-hybridized carbons (Fsp3) is 0.250. The molecule has 112 valence electrons. The van der Waals surface area contributed by atoms with Gasteiger partial charge in [-0.1, -0.05) is 19.1 Å². The first-order valence-electron chi connectivity index (χ1n) is 6.69. The molecule has 0 aromatic heterocycles. The molecule has 0 radical (unpaired) electrons. The van der Waals surface area contributed by atoms with Crippen LogP contribution in [0.1, 0.15) is 18.1 Å². The minimum atomic E-state index is -0.721. The molecular formula is C16H17F2NO2. The van der Waals surface area contributed by atoms with Crippen LogP contribution < -0.4 is 10.1 Å². The molecule has 0 saturated carbocycles. The van der Waals surface area contributed by atoms with Gasteiger partial charge in [0.2, 0.25) is 0 Å². The van der Waals surface area contributed by atoms with Gasteiger partial charge in [-0.2, -0.15) is 0 Å². The zero-order chi connectivity index (χ0) is 15.2. The summed E-state index contributed by atoms with van der Waals surface area (Å²) in [5.74, 6) is -1.70. The summed E-state index contributed by atoms with van der Waals surface area (Å²) in [6.07, 6.45) is 0. The fourth-order valence-corrected chi connectivity index (χ4v) is 1.87. The Hall–Kier alpha value is -2.14. The predicted molar refractivity (Wildman–Crippen MR) is 76.2 cm³/mol. The van der Waals surface area contributed by atoms with Crippen molar-refractivity contribution >= 4 is 0 Å². The second-order valence-corrected chi connectivity index (χ2v) is 4.62. The number of phenolic OH excluding ortho intramolecular Hbond substituents is 1. The Labute approximate surface area is 122 Å². The van der Waals surface area contributed by atoms with Gasteiger partial charge in [-0.3, -0.25) is 0 Å². The quantitative estimate of drug-likeness (QED) is 0.858. The van der Waals surface area contributed by atoms with E-state index < -0.39 is 11.6 Å². The van der Waals surface area contributed by atoms with Crippen molar-refractivity contribution in [1.82, 2.24) is 5.32 Å². The number of hydrogen-bond donors (Lipinski definition) is 2. The van der Waals surface area contributed by atoms with Gasteiger partial charge in [0.05, 0.1) is 0 Å². The zero-order valence-corrected chi connectivity index (χ0v) is 11.7. The molecule has 0 aliphatic heterocycles. The van der Waals surface area contributed by atoms with E-state index in [1.165, 1.54) is 24.3 Å².